The van der Waals surface area contributed by atoms with E-state index in [9.17, 15) is 4.79 Å². The number of carbonyl (C=O) groups is 1. The summed E-state index contributed by atoms with van der Waals surface area (Å²) < 4.78 is 9.66. The third kappa shape index (κ3) is 2.99. The zero-order chi connectivity index (χ0) is 18.1. The number of aromatic nitrogens is 5. The molecular formula is C18H18N6O2. The normalized spacial score (nSPS) is 17.2. The van der Waals surface area contributed by atoms with Gasteiger partial charge in [0, 0.05) is 43.8 Å². The Bertz CT molecular complexity index is 999. The molecule has 0 aromatic carbocycles. The highest BCUT2D eigenvalue weighted by Gasteiger charge is 2.25. The lowest BCUT2D eigenvalue weighted by Gasteiger charge is -2.31. The van der Waals surface area contributed by atoms with Crippen molar-refractivity contribution in [3.63, 3.8) is 0 Å². The van der Waals surface area contributed by atoms with Gasteiger partial charge in [-0.3, -0.25) is 13.9 Å². The van der Waals surface area contributed by atoms with Gasteiger partial charge < -0.3 is 9.64 Å². The van der Waals surface area contributed by atoms with Gasteiger partial charge in [-0.1, -0.05) is 0 Å². The highest BCUT2D eigenvalue weighted by molar-refractivity contribution is 5.92. The molecule has 1 atom stereocenters. The molecule has 0 saturated carbocycles. The van der Waals surface area contributed by atoms with E-state index in [1.54, 1.807) is 32.6 Å². The lowest BCUT2D eigenvalue weighted by atomic mass is 10.1. The number of terminal acetylenes is 1. The summed E-state index contributed by atoms with van der Waals surface area (Å²) in [6, 6.07) is 2.33. The second-order valence-corrected chi connectivity index (χ2v) is 6.26. The van der Waals surface area contributed by atoms with Crippen molar-refractivity contribution < 1.29 is 9.53 Å². The maximum atomic E-state index is 11.8. The average molecular weight is 350 g/mol. The first-order valence-electron chi connectivity index (χ1n) is 8.39. The number of carbonyl (C=O) groups excluding carboxylic acids is 1. The fraction of sp³-hybridized carbons (Fsp3) is 0.333. The molecule has 0 bridgehead atoms. The van der Waals surface area contributed by atoms with Crippen LogP contribution in [-0.4, -0.2) is 54.1 Å². The van der Waals surface area contributed by atoms with Crippen molar-refractivity contribution in [2.45, 2.75) is 18.9 Å². The lowest BCUT2D eigenvalue weighted by molar-refractivity contribution is -0.127. The topological polar surface area (TPSA) is 77.6 Å². The van der Waals surface area contributed by atoms with Crippen LogP contribution >= 0.6 is 0 Å². The SMILES string of the molecule is C#CC(=O)N1CCC[C@@H](Oc2nc(-c3cnn(C)c3)cc3nccn23)C1. The first kappa shape index (κ1) is 16.1. The highest BCUT2D eigenvalue weighted by atomic mass is 16.5. The fourth-order valence-electron chi connectivity index (χ4n) is 3.14. The second-order valence-electron chi connectivity index (χ2n) is 6.26. The van der Waals surface area contributed by atoms with Gasteiger partial charge >= 0.3 is 6.01 Å². The summed E-state index contributed by atoms with van der Waals surface area (Å²) in [4.78, 5) is 22.4. The van der Waals surface area contributed by atoms with E-state index in [2.05, 4.69) is 21.0 Å². The summed E-state index contributed by atoms with van der Waals surface area (Å²) in [6.45, 7) is 1.12. The maximum Gasteiger partial charge on any atom is 0.303 e. The molecule has 4 rings (SSSR count). The van der Waals surface area contributed by atoms with Gasteiger partial charge in [0.15, 0.2) is 0 Å². The van der Waals surface area contributed by atoms with Crippen LogP contribution in [0.15, 0.2) is 30.9 Å². The largest absolute Gasteiger partial charge is 0.459 e. The standard InChI is InChI=1S/C18H18N6O2/c1-3-17(25)23-7-4-5-14(12-23)26-18-21-15(13-10-20-22(2)11-13)9-16-19-6-8-24(16)18/h1,6,8-11,14H,4-5,7,12H2,2H3/t14-/m1/s1. The minimum atomic E-state index is -0.303. The van der Waals surface area contributed by atoms with Crippen molar-refractivity contribution in [3.05, 3.63) is 30.9 Å². The molecule has 26 heavy (non-hydrogen) atoms. The van der Waals surface area contributed by atoms with E-state index in [0.29, 0.717) is 19.1 Å². The molecule has 0 unspecified atom stereocenters. The van der Waals surface area contributed by atoms with Gasteiger partial charge in [-0.2, -0.15) is 10.1 Å². The monoisotopic (exact) mass is 350 g/mol. The molecule has 0 radical (unpaired) electrons. The Morgan fingerprint density at radius 1 is 1.46 bits per heavy atom. The number of fused-ring (bicyclic) bond motifs is 1. The Morgan fingerprint density at radius 3 is 3.12 bits per heavy atom. The molecule has 1 fully saturated rings. The first-order valence-corrected chi connectivity index (χ1v) is 8.39. The molecule has 0 spiro atoms. The van der Waals surface area contributed by atoms with Gasteiger partial charge in [-0.25, -0.2) is 4.98 Å². The van der Waals surface area contributed by atoms with Crippen LogP contribution in [0.3, 0.4) is 0 Å². The molecule has 4 heterocycles. The summed E-state index contributed by atoms with van der Waals surface area (Å²) in [5.74, 6) is 1.87. The van der Waals surface area contributed by atoms with Crippen LogP contribution in [0.25, 0.3) is 16.9 Å². The number of rotatable bonds is 3. The molecule has 0 aliphatic carbocycles. The average Bonchev–Trinajstić information content (AvgIpc) is 3.30. The molecule has 1 amide bonds. The lowest BCUT2D eigenvalue weighted by Crippen LogP contribution is -2.44. The molecule has 132 valence electrons. The molecule has 3 aromatic rings. The van der Waals surface area contributed by atoms with E-state index in [-0.39, 0.29) is 12.0 Å². The van der Waals surface area contributed by atoms with Crippen molar-refractivity contribution in [1.82, 2.24) is 29.0 Å². The summed E-state index contributed by atoms with van der Waals surface area (Å²) in [7, 11) is 1.86. The van der Waals surface area contributed by atoms with Crippen molar-refractivity contribution >= 4 is 11.6 Å². The molecule has 1 saturated heterocycles. The number of nitrogens with zero attached hydrogens (tertiary/aromatic N) is 6. The Labute approximate surface area is 150 Å². The Kier molecular flexibility index (Phi) is 4.05. The number of likely N-dealkylation sites (tertiary alicyclic amines) is 1. The van der Waals surface area contributed by atoms with Gasteiger partial charge in [-0.15, -0.1) is 6.42 Å². The zero-order valence-electron chi connectivity index (χ0n) is 14.4. The number of imidazole rings is 1. The molecule has 1 aliphatic heterocycles. The maximum absolute atomic E-state index is 11.8. The van der Waals surface area contributed by atoms with Gasteiger partial charge in [0.1, 0.15) is 11.8 Å². The van der Waals surface area contributed by atoms with Gasteiger partial charge in [0.2, 0.25) is 0 Å². The Morgan fingerprint density at radius 2 is 2.35 bits per heavy atom. The van der Waals surface area contributed by atoms with Crippen molar-refractivity contribution in [2.75, 3.05) is 13.1 Å². The van der Waals surface area contributed by atoms with Crippen LogP contribution in [0.5, 0.6) is 6.01 Å². The summed E-state index contributed by atoms with van der Waals surface area (Å²) in [6.07, 6.45) is 13.9. The zero-order valence-corrected chi connectivity index (χ0v) is 14.4. The number of amides is 1. The van der Waals surface area contributed by atoms with Crippen LogP contribution in [-0.2, 0) is 11.8 Å². The Hall–Kier alpha value is -3.34. The predicted octanol–water partition coefficient (Wildman–Crippen LogP) is 1.13. The number of piperidine rings is 1. The minimum absolute atomic E-state index is 0.164. The van der Waals surface area contributed by atoms with Crippen LogP contribution in [0.4, 0.5) is 0 Å². The summed E-state index contributed by atoms with van der Waals surface area (Å²) in [5, 5.41) is 4.19. The van der Waals surface area contributed by atoms with Crippen molar-refractivity contribution in [2.24, 2.45) is 7.05 Å². The fourth-order valence-corrected chi connectivity index (χ4v) is 3.14. The quantitative estimate of drug-likeness (QED) is 0.662. The van der Waals surface area contributed by atoms with E-state index in [1.165, 1.54) is 0 Å². The number of aryl methyl sites for hydroxylation is 1. The predicted molar refractivity (Wildman–Crippen MR) is 94.3 cm³/mol. The molecule has 1 aliphatic rings. The summed E-state index contributed by atoms with van der Waals surface area (Å²) in [5.41, 5.74) is 2.36. The summed E-state index contributed by atoms with van der Waals surface area (Å²) >= 11 is 0. The molecular weight excluding hydrogens is 332 g/mol. The van der Waals surface area contributed by atoms with E-state index < -0.39 is 0 Å². The van der Waals surface area contributed by atoms with Gasteiger partial charge in [-0.05, 0) is 18.8 Å². The van der Waals surface area contributed by atoms with E-state index >= 15 is 0 Å². The van der Waals surface area contributed by atoms with E-state index in [0.717, 1.165) is 29.7 Å². The third-order valence-corrected chi connectivity index (χ3v) is 4.42. The molecule has 3 aromatic heterocycles. The van der Waals surface area contributed by atoms with Gasteiger partial charge in [0.05, 0.1) is 18.4 Å². The van der Waals surface area contributed by atoms with Crippen LogP contribution in [0, 0.1) is 12.3 Å². The Balaban J connectivity index is 1.64. The van der Waals surface area contributed by atoms with Gasteiger partial charge in [0.25, 0.3) is 5.91 Å². The molecule has 8 nitrogen and oxygen atoms in total. The van der Waals surface area contributed by atoms with E-state index in [4.69, 9.17) is 11.2 Å². The third-order valence-electron chi connectivity index (χ3n) is 4.42. The van der Waals surface area contributed by atoms with Crippen LogP contribution in [0.2, 0.25) is 0 Å². The smallest absolute Gasteiger partial charge is 0.303 e. The first-order chi connectivity index (χ1) is 12.6. The van der Waals surface area contributed by atoms with Crippen LogP contribution in [0.1, 0.15) is 12.8 Å². The molecule has 8 heteroatoms. The number of ether oxygens (including phenoxy) is 1. The van der Waals surface area contributed by atoms with E-state index in [1.807, 2.05) is 19.3 Å². The number of hydrogen-bond acceptors (Lipinski definition) is 5. The van der Waals surface area contributed by atoms with Crippen molar-refractivity contribution in [3.8, 4) is 29.6 Å². The molecule has 0 N–H and O–H groups in total. The number of hydrogen-bond donors (Lipinski definition) is 0. The van der Waals surface area contributed by atoms with Crippen LogP contribution < -0.4 is 4.74 Å². The second kappa shape index (κ2) is 6.52. The van der Waals surface area contributed by atoms with Crippen molar-refractivity contribution in [1.29, 1.82) is 0 Å². The minimum Gasteiger partial charge on any atom is -0.459 e. The highest BCUT2D eigenvalue weighted by Crippen LogP contribution is 2.24.